The van der Waals surface area contributed by atoms with Crippen molar-refractivity contribution in [3.8, 4) is 0 Å². The third-order valence-corrected chi connectivity index (χ3v) is 5.42. The Morgan fingerprint density at radius 1 is 0.375 bits per heavy atom. The zero-order valence-electron chi connectivity index (χ0n) is 17.9. The standard InChI is InChI=1S/2C15H13Cl/c2*16-12-15-10-8-14(9-11-15)7-6-13-4-2-1-3-5-13/h2*1-11H,12H2/b7-6+;. The van der Waals surface area contributed by atoms with Crippen LogP contribution >= 0.6 is 23.2 Å². The summed E-state index contributed by atoms with van der Waals surface area (Å²) in [4.78, 5) is 0. The lowest BCUT2D eigenvalue weighted by atomic mass is 10.1. The van der Waals surface area contributed by atoms with E-state index in [4.69, 9.17) is 23.2 Å². The number of halogens is 2. The van der Waals surface area contributed by atoms with Gasteiger partial charge in [0.15, 0.2) is 0 Å². The van der Waals surface area contributed by atoms with Gasteiger partial charge in [-0.15, -0.1) is 23.2 Å². The quantitative estimate of drug-likeness (QED) is 0.200. The van der Waals surface area contributed by atoms with Gasteiger partial charge in [-0.2, -0.15) is 0 Å². The second-order valence-corrected chi connectivity index (χ2v) is 7.77. The fourth-order valence-electron chi connectivity index (χ4n) is 2.95. The predicted octanol–water partition coefficient (Wildman–Crippen LogP) is 9.19. The van der Waals surface area contributed by atoms with Gasteiger partial charge < -0.3 is 0 Å². The summed E-state index contributed by atoms with van der Waals surface area (Å²) in [6, 6.07) is 37.1. The molecule has 4 aromatic rings. The molecule has 0 saturated heterocycles. The Morgan fingerprint density at radius 2 is 0.656 bits per heavy atom. The van der Waals surface area contributed by atoms with Crippen LogP contribution in [-0.2, 0) is 11.8 Å². The Bertz CT molecular complexity index is 1000. The van der Waals surface area contributed by atoms with E-state index in [1.807, 2.05) is 36.4 Å². The van der Waals surface area contributed by atoms with Gasteiger partial charge >= 0.3 is 0 Å². The number of benzene rings is 4. The molecule has 0 nitrogen and oxygen atoms in total. The highest BCUT2D eigenvalue weighted by atomic mass is 35.5. The number of hydrogen-bond acceptors (Lipinski definition) is 0. The zero-order chi connectivity index (χ0) is 22.4. The minimum Gasteiger partial charge on any atom is -0.122 e. The summed E-state index contributed by atoms with van der Waals surface area (Å²) in [6.07, 6.45) is 8.42. The van der Waals surface area contributed by atoms with Crippen LogP contribution in [0.25, 0.3) is 24.3 Å². The highest BCUT2D eigenvalue weighted by Gasteiger charge is 1.91. The van der Waals surface area contributed by atoms with Gasteiger partial charge in [0.2, 0.25) is 0 Å². The van der Waals surface area contributed by atoms with Gasteiger partial charge in [0.25, 0.3) is 0 Å². The average molecular weight is 457 g/mol. The first kappa shape index (κ1) is 23.6. The summed E-state index contributed by atoms with van der Waals surface area (Å²) in [5.74, 6) is 1.14. The van der Waals surface area contributed by atoms with Crippen LogP contribution in [0.2, 0.25) is 0 Å². The molecule has 0 aliphatic carbocycles. The molecule has 0 unspecified atom stereocenters. The molecule has 0 spiro atoms. The maximum absolute atomic E-state index is 5.73. The van der Waals surface area contributed by atoms with E-state index in [1.165, 1.54) is 22.3 Å². The van der Waals surface area contributed by atoms with Crippen LogP contribution in [0.3, 0.4) is 0 Å². The molecule has 4 rings (SSSR count). The molecule has 0 aromatic heterocycles. The van der Waals surface area contributed by atoms with Crippen molar-refractivity contribution >= 4 is 47.5 Å². The first-order valence-corrected chi connectivity index (χ1v) is 11.6. The topological polar surface area (TPSA) is 0 Å². The molecule has 32 heavy (non-hydrogen) atoms. The average Bonchev–Trinajstić information content (AvgIpc) is 2.88. The highest BCUT2D eigenvalue weighted by Crippen LogP contribution is 2.12. The molecule has 0 heterocycles. The largest absolute Gasteiger partial charge is 0.122 e. The van der Waals surface area contributed by atoms with Crippen molar-refractivity contribution < 1.29 is 0 Å². The van der Waals surface area contributed by atoms with Crippen molar-refractivity contribution in [1.82, 2.24) is 0 Å². The van der Waals surface area contributed by atoms with Crippen LogP contribution < -0.4 is 0 Å². The third kappa shape index (κ3) is 8.23. The Morgan fingerprint density at radius 3 is 0.938 bits per heavy atom. The van der Waals surface area contributed by atoms with E-state index >= 15 is 0 Å². The second-order valence-electron chi connectivity index (χ2n) is 7.24. The lowest BCUT2D eigenvalue weighted by molar-refractivity contribution is 1.40. The van der Waals surface area contributed by atoms with E-state index in [-0.39, 0.29) is 0 Å². The lowest BCUT2D eigenvalue weighted by Gasteiger charge is -1.96. The van der Waals surface area contributed by atoms with Crippen molar-refractivity contribution in [3.05, 3.63) is 143 Å². The Kier molecular flexibility index (Phi) is 9.86. The minimum atomic E-state index is 0.572. The molecule has 0 atom stereocenters. The first-order valence-electron chi connectivity index (χ1n) is 10.5. The fourth-order valence-corrected chi connectivity index (χ4v) is 3.31. The lowest BCUT2D eigenvalue weighted by Crippen LogP contribution is -1.77. The summed E-state index contributed by atoms with van der Waals surface area (Å²) in [5.41, 5.74) is 7.11. The summed E-state index contributed by atoms with van der Waals surface area (Å²) in [7, 11) is 0. The van der Waals surface area contributed by atoms with Crippen molar-refractivity contribution in [2.45, 2.75) is 11.8 Å². The zero-order valence-corrected chi connectivity index (χ0v) is 19.4. The summed E-state index contributed by atoms with van der Waals surface area (Å²) >= 11 is 11.5. The van der Waals surface area contributed by atoms with Crippen molar-refractivity contribution in [2.75, 3.05) is 0 Å². The van der Waals surface area contributed by atoms with Crippen molar-refractivity contribution in [1.29, 1.82) is 0 Å². The summed E-state index contributed by atoms with van der Waals surface area (Å²) < 4.78 is 0. The van der Waals surface area contributed by atoms with E-state index in [2.05, 4.69) is 97.1 Å². The van der Waals surface area contributed by atoms with E-state index in [0.717, 1.165) is 11.1 Å². The fraction of sp³-hybridized carbons (Fsp3) is 0.0667. The molecular formula is C30H26Cl2. The van der Waals surface area contributed by atoms with E-state index in [1.54, 1.807) is 0 Å². The molecule has 0 aliphatic heterocycles. The normalized spacial score (nSPS) is 10.8. The van der Waals surface area contributed by atoms with Crippen LogP contribution in [0, 0.1) is 0 Å². The van der Waals surface area contributed by atoms with Crippen molar-refractivity contribution in [3.63, 3.8) is 0 Å². The number of rotatable bonds is 6. The molecule has 0 aliphatic rings. The predicted molar refractivity (Wildman–Crippen MR) is 143 cm³/mol. The van der Waals surface area contributed by atoms with Gasteiger partial charge in [-0.3, -0.25) is 0 Å². The summed E-state index contributed by atoms with van der Waals surface area (Å²) in [5, 5.41) is 0. The molecule has 0 N–H and O–H groups in total. The van der Waals surface area contributed by atoms with Gasteiger partial charge in [-0.25, -0.2) is 0 Å². The molecular weight excluding hydrogens is 431 g/mol. The van der Waals surface area contributed by atoms with Gasteiger partial charge in [-0.05, 0) is 33.4 Å². The maximum Gasteiger partial charge on any atom is 0.0474 e. The highest BCUT2D eigenvalue weighted by molar-refractivity contribution is 6.17. The summed E-state index contributed by atoms with van der Waals surface area (Å²) in [6.45, 7) is 0. The van der Waals surface area contributed by atoms with Gasteiger partial charge in [0.1, 0.15) is 0 Å². The Hall–Kier alpha value is -3.06. The van der Waals surface area contributed by atoms with Crippen LogP contribution in [0.5, 0.6) is 0 Å². The molecule has 2 heteroatoms. The number of alkyl halides is 2. The van der Waals surface area contributed by atoms with Crippen LogP contribution in [0.4, 0.5) is 0 Å². The molecule has 0 bridgehead atoms. The van der Waals surface area contributed by atoms with Crippen LogP contribution in [0.15, 0.2) is 109 Å². The third-order valence-electron chi connectivity index (χ3n) is 4.80. The smallest absolute Gasteiger partial charge is 0.0474 e. The van der Waals surface area contributed by atoms with Crippen LogP contribution in [0.1, 0.15) is 33.4 Å². The Labute approximate surface area is 201 Å². The maximum atomic E-state index is 5.73. The van der Waals surface area contributed by atoms with Crippen LogP contribution in [-0.4, -0.2) is 0 Å². The molecule has 0 saturated carbocycles. The second kappa shape index (κ2) is 13.4. The minimum absolute atomic E-state index is 0.572. The SMILES string of the molecule is ClCc1ccc(/C=C/c2ccccc2)cc1.ClCc1ccc(C=Cc2ccccc2)cc1. The molecule has 4 aromatic carbocycles. The molecule has 160 valence electrons. The van der Waals surface area contributed by atoms with E-state index in [0.29, 0.717) is 11.8 Å². The first-order chi connectivity index (χ1) is 15.8. The van der Waals surface area contributed by atoms with E-state index < -0.39 is 0 Å². The Balaban J connectivity index is 0.000000181. The van der Waals surface area contributed by atoms with Crippen molar-refractivity contribution in [2.24, 2.45) is 0 Å². The molecule has 0 fully saturated rings. The monoisotopic (exact) mass is 456 g/mol. The van der Waals surface area contributed by atoms with Gasteiger partial charge in [0, 0.05) is 11.8 Å². The molecule has 0 radical (unpaired) electrons. The number of hydrogen-bond donors (Lipinski definition) is 0. The van der Waals surface area contributed by atoms with Gasteiger partial charge in [0.05, 0.1) is 0 Å². The van der Waals surface area contributed by atoms with E-state index in [9.17, 15) is 0 Å². The van der Waals surface area contributed by atoms with Gasteiger partial charge in [-0.1, -0.05) is 133 Å². The molecule has 0 amide bonds.